The molecule has 106 valence electrons. The molecule has 8 heteroatoms. The summed E-state index contributed by atoms with van der Waals surface area (Å²) in [6.45, 7) is 0. The maximum atomic E-state index is 12.2. The molecule has 1 heterocycles. The molecule has 0 aliphatic rings. The number of hydrazine groups is 1. The first-order chi connectivity index (χ1) is 10.0. The zero-order valence-corrected chi connectivity index (χ0v) is 12.0. The second-order valence-corrected chi connectivity index (χ2v) is 4.79. The molecule has 0 spiro atoms. The summed E-state index contributed by atoms with van der Waals surface area (Å²) in [5.74, 6) is 5.03. The Labute approximate surface area is 130 Å². The van der Waals surface area contributed by atoms with Gasteiger partial charge in [0.2, 0.25) is 0 Å². The number of anilines is 2. The predicted molar refractivity (Wildman–Crippen MR) is 81.2 cm³/mol. The Morgan fingerprint density at radius 2 is 2.05 bits per heavy atom. The van der Waals surface area contributed by atoms with Gasteiger partial charge < -0.3 is 10.7 Å². The minimum Gasteiger partial charge on any atom is -0.321 e. The molecule has 6 nitrogen and oxygen atoms in total. The van der Waals surface area contributed by atoms with Gasteiger partial charge in [-0.1, -0.05) is 23.2 Å². The lowest BCUT2D eigenvalue weighted by Gasteiger charge is -2.09. The Morgan fingerprint density at radius 1 is 1.29 bits per heavy atom. The third-order valence-electron chi connectivity index (χ3n) is 2.55. The molecule has 2 aromatic rings. The van der Waals surface area contributed by atoms with Crippen LogP contribution in [0.1, 0.15) is 15.9 Å². The smallest absolute Gasteiger partial charge is 0.255 e. The second-order valence-electron chi connectivity index (χ2n) is 3.96. The number of carbonyl (C=O) groups excluding carboxylic acids is 1. The van der Waals surface area contributed by atoms with Crippen molar-refractivity contribution in [3.8, 4) is 6.07 Å². The van der Waals surface area contributed by atoms with Gasteiger partial charge in [-0.2, -0.15) is 5.26 Å². The van der Waals surface area contributed by atoms with E-state index < -0.39 is 5.91 Å². The van der Waals surface area contributed by atoms with Gasteiger partial charge in [-0.3, -0.25) is 4.79 Å². The van der Waals surface area contributed by atoms with Crippen LogP contribution in [0.5, 0.6) is 0 Å². The molecule has 21 heavy (non-hydrogen) atoms. The molecule has 1 aromatic heterocycles. The van der Waals surface area contributed by atoms with Crippen LogP contribution in [0.25, 0.3) is 0 Å². The standard InChI is InChI=1S/C13H9Cl2N5O/c14-9-2-1-7(6-16)10(5-9)18-13(21)8-3-11(15)19-12(4-8)20-17/h1-5H,17H2,(H,18,21)(H,19,20). The Hall–Kier alpha value is -2.33. The van der Waals surface area contributed by atoms with Crippen molar-refractivity contribution in [2.45, 2.75) is 0 Å². The number of nitrogens with two attached hydrogens (primary N) is 1. The fraction of sp³-hybridized carbons (Fsp3) is 0. The number of halogens is 2. The summed E-state index contributed by atoms with van der Waals surface area (Å²) in [5.41, 5.74) is 3.16. The normalized spacial score (nSPS) is 9.81. The highest BCUT2D eigenvalue weighted by Crippen LogP contribution is 2.22. The van der Waals surface area contributed by atoms with Gasteiger partial charge in [-0.05, 0) is 30.3 Å². The molecular formula is C13H9Cl2N5O. The number of hydrogen-bond donors (Lipinski definition) is 3. The van der Waals surface area contributed by atoms with Crippen molar-refractivity contribution in [3.05, 3.63) is 51.6 Å². The molecule has 0 bridgehead atoms. The maximum Gasteiger partial charge on any atom is 0.255 e. The monoisotopic (exact) mass is 321 g/mol. The molecule has 0 aliphatic carbocycles. The number of hydrogen-bond acceptors (Lipinski definition) is 5. The Bertz CT molecular complexity index is 742. The number of aromatic nitrogens is 1. The van der Waals surface area contributed by atoms with Crippen LogP contribution in [0, 0.1) is 11.3 Å². The number of pyridine rings is 1. The van der Waals surface area contributed by atoms with E-state index in [1.54, 1.807) is 6.07 Å². The van der Waals surface area contributed by atoms with E-state index in [0.29, 0.717) is 16.3 Å². The van der Waals surface area contributed by atoms with Gasteiger partial charge in [0.15, 0.2) is 0 Å². The van der Waals surface area contributed by atoms with Crippen LogP contribution < -0.4 is 16.6 Å². The molecule has 0 saturated carbocycles. The second kappa shape index (κ2) is 6.41. The molecule has 0 aliphatic heterocycles. The van der Waals surface area contributed by atoms with Gasteiger partial charge in [0, 0.05) is 10.6 Å². The summed E-state index contributed by atoms with van der Waals surface area (Å²) in [4.78, 5) is 16.1. The Kier molecular flexibility index (Phi) is 4.60. The van der Waals surface area contributed by atoms with Crippen molar-refractivity contribution in [2.24, 2.45) is 5.84 Å². The highest BCUT2D eigenvalue weighted by molar-refractivity contribution is 6.31. The number of amides is 1. The van der Waals surface area contributed by atoms with Gasteiger partial charge in [0.05, 0.1) is 11.3 Å². The number of nitriles is 1. The van der Waals surface area contributed by atoms with Gasteiger partial charge >= 0.3 is 0 Å². The first-order valence-electron chi connectivity index (χ1n) is 5.68. The van der Waals surface area contributed by atoms with Crippen molar-refractivity contribution < 1.29 is 4.79 Å². The molecule has 4 N–H and O–H groups in total. The molecule has 1 aromatic carbocycles. The average molecular weight is 322 g/mol. The van der Waals surface area contributed by atoms with E-state index in [4.69, 9.17) is 34.3 Å². The van der Waals surface area contributed by atoms with Crippen LogP contribution in [0.15, 0.2) is 30.3 Å². The van der Waals surface area contributed by atoms with Crippen molar-refractivity contribution >= 4 is 40.6 Å². The third-order valence-corrected chi connectivity index (χ3v) is 2.98. The lowest BCUT2D eigenvalue weighted by molar-refractivity contribution is 0.102. The summed E-state index contributed by atoms with van der Waals surface area (Å²) >= 11 is 11.7. The van der Waals surface area contributed by atoms with E-state index in [0.717, 1.165) is 0 Å². The van der Waals surface area contributed by atoms with E-state index in [2.05, 4.69) is 15.7 Å². The Balaban J connectivity index is 2.32. The van der Waals surface area contributed by atoms with E-state index in [9.17, 15) is 4.79 Å². The maximum absolute atomic E-state index is 12.2. The van der Waals surface area contributed by atoms with Crippen molar-refractivity contribution in [1.82, 2.24) is 4.98 Å². The molecule has 2 rings (SSSR count). The van der Waals surface area contributed by atoms with E-state index in [-0.39, 0.29) is 16.5 Å². The van der Waals surface area contributed by atoms with Gasteiger partial charge in [-0.15, -0.1) is 0 Å². The summed E-state index contributed by atoms with van der Waals surface area (Å²) < 4.78 is 0. The van der Waals surface area contributed by atoms with Crippen LogP contribution in [-0.4, -0.2) is 10.9 Å². The first kappa shape index (κ1) is 15.1. The van der Waals surface area contributed by atoms with Crippen molar-refractivity contribution in [1.29, 1.82) is 5.26 Å². The number of carbonyl (C=O) groups is 1. The molecule has 0 atom stereocenters. The highest BCUT2D eigenvalue weighted by Gasteiger charge is 2.12. The SMILES string of the molecule is N#Cc1ccc(Cl)cc1NC(=O)c1cc(Cl)nc(NN)c1. The minimum absolute atomic E-state index is 0.113. The van der Waals surface area contributed by atoms with E-state index >= 15 is 0 Å². The van der Waals surface area contributed by atoms with Crippen LogP contribution in [0.3, 0.4) is 0 Å². The van der Waals surface area contributed by atoms with Gasteiger partial charge in [0.1, 0.15) is 17.0 Å². The topological polar surface area (TPSA) is 104 Å². The number of nitrogens with zero attached hydrogens (tertiary/aromatic N) is 2. The largest absolute Gasteiger partial charge is 0.321 e. The lowest BCUT2D eigenvalue weighted by atomic mass is 10.1. The molecule has 1 amide bonds. The fourth-order valence-corrected chi connectivity index (χ4v) is 1.99. The summed E-state index contributed by atoms with van der Waals surface area (Å²) in [6.07, 6.45) is 0. The zero-order chi connectivity index (χ0) is 15.4. The number of benzene rings is 1. The quantitative estimate of drug-likeness (QED) is 0.458. The number of rotatable bonds is 3. The average Bonchev–Trinajstić information content (AvgIpc) is 2.46. The summed E-state index contributed by atoms with van der Waals surface area (Å²) in [5, 5.41) is 12.1. The van der Waals surface area contributed by atoms with E-state index in [1.807, 2.05) is 6.07 Å². The number of nitrogen functional groups attached to an aromatic ring is 1. The fourth-order valence-electron chi connectivity index (χ4n) is 1.61. The van der Waals surface area contributed by atoms with Crippen LogP contribution >= 0.6 is 23.2 Å². The highest BCUT2D eigenvalue weighted by atomic mass is 35.5. The molecular weight excluding hydrogens is 313 g/mol. The lowest BCUT2D eigenvalue weighted by Crippen LogP contribution is -2.15. The molecule has 0 fully saturated rings. The third kappa shape index (κ3) is 3.61. The molecule has 0 saturated heterocycles. The van der Waals surface area contributed by atoms with Crippen molar-refractivity contribution in [2.75, 3.05) is 10.7 Å². The van der Waals surface area contributed by atoms with Gasteiger partial charge in [0.25, 0.3) is 5.91 Å². The molecule has 0 unspecified atom stereocenters. The van der Waals surface area contributed by atoms with E-state index in [1.165, 1.54) is 24.3 Å². The van der Waals surface area contributed by atoms with Crippen molar-refractivity contribution in [3.63, 3.8) is 0 Å². The van der Waals surface area contributed by atoms with Gasteiger partial charge in [-0.25, -0.2) is 10.8 Å². The minimum atomic E-state index is -0.463. The van der Waals surface area contributed by atoms with Crippen LogP contribution in [0.4, 0.5) is 11.5 Å². The van der Waals surface area contributed by atoms with Crippen LogP contribution in [0.2, 0.25) is 10.2 Å². The Morgan fingerprint density at radius 3 is 2.71 bits per heavy atom. The van der Waals surface area contributed by atoms with Crippen LogP contribution in [-0.2, 0) is 0 Å². The molecule has 0 radical (unpaired) electrons. The zero-order valence-electron chi connectivity index (χ0n) is 10.5. The first-order valence-corrected chi connectivity index (χ1v) is 6.44. The summed E-state index contributed by atoms with van der Waals surface area (Å²) in [7, 11) is 0. The summed E-state index contributed by atoms with van der Waals surface area (Å²) in [6, 6.07) is 9.35. The number of nitrogens with one attached hydrogen (secondary N) is 2. The predicted octanol–water partition coefficient (Wildman–Crippen LogP) is 2.80.